The number of nitrogens with zero attached hydrogens (tertiary/aromatic N) is 2. The smallest absolute Gasteiger partial charge is 0.416 e. The molecule has 0 spiro atoms. The maximum absolute atomic E-state index is 12.8. The number of carbonyl (C=O) groups excluding carboxylic acids is 1. The molecular weight excluding hydrogens is 445 g/mol. The SMILES string of the molecule is O=C(Nc1nn(Cc2ccc(C(F)(F)F)cc2)c2ccccc12)c1ccccc1OC(F)F. The molecule has 3 aromatic carbocycles. The molecule has 0 saturated heterocycles. The zero-order valence-corrected chi connectivity index (χ0v) is 16.8. The topological polar surface area (TPSA) is 56.2 Å². The molecule has 33 heavy (non-hydrogen) atoms. The molecule has 0 bridgehead atoms. The summed E-state index contributed by atoms with van der Waals surface area (Å²) in [6, 6.07) is 17.2. The zero-order valence-electron chi connectivity index (χ0n) is 16.8. The number of alkyl halides is 5. The van der Waals surface area contributed by atoms with Crippen LogP contribution in [0, 0.1) is 0 Å². The van der Waals surface area contributed by atoms with Gasteiger partial charge in [0.1, 0.15) is 5.75 Å². The molecule has 1 aromatic heterocycles. The molecule has 1 heterocycles. The van der Waals surface area contributed by atoms with Gasteiger partial charge in [-0.3, -0.25) is 9.48 Å². The van der Waals surface area contributed by atoms with Gasteiger partial charge in [0.15, 0.2) is 5.82 Å². The molecule has 0 aliphatic heterocycles. The average molecular weight is 461 g/mol. The lowest BCUT2D eigenvalue weighted by Crippen LogP contribution is -2.15. The summed E-state index contributed by atoms with van der Waals surface area (Å²) in [4.78, 5) is 12.8. The summed E-state index contributed by atoms with van der Waals surface area (Å²) >= 11 is 0. The fourth-order valence-corrected chi connectivity index (χ4v) is 3.34. The van der Waals surface area contributed by atoms with Gasteiger partial charge in [-0.1, -0.05) is 36.4 Å². The molecule has 10 heteroatoms. The van der Waals surface area contributed by atoms with Gasteiger partial charge in [-0.15, -0.1) is 0 Å². The molecule has 0 aliphatic rings. The Morgan fingerprint density at radius 3 is 2.33 bits per heavy atom. The lowest BCUT2D eigenvalue weighted by Gasteiger charge is -2.10. The lowest BCUT2D eigenvalue weighted by atomic mass is 10.1. The van der Waals surface area contributed by atoms with Crippen LogP contribution in [-0.2, 0) is 12.7 Å². The van der Waals surface area contributed by atoms with E-state index < -0.39 is 24.3 Å². The molecule has 1 N–H and O–H groups in total. The molecule has 0 unspecified atom stereocenters. The van der Waals surface area contributed by atoms with Crippen molar-refractivity contribution in [1.82, 2.24) is 9.78 Å². The summed E-state index contributed by atoms with van der Waals surface area (Å²) in [7, 11) is 0. The Morgan fingerprint density at radius 1 is 0.970 bits per heavy atom. The van der Waals surface area contributed by atoms with Crippen molar-refractivity contribution in [3.63, 3.8) is 0 Å². The second-order valence-corrected chi connectivity index (χ2v) is 7.05. The van der Waals surface area contributed by atoms with Crippen molar-refractivity contribution in [2.24, 2.45) is 0 Å². The van der Waals surface area contributed by atoms with Crippen LogP contribution < -0.4 is 10.1 Å². The maximum Gasteiger partial charge on any atom is 0.416 e. The zero-order chi connectivity index (χ0) is 23.6. The maximum atomic E-state index is 12.8. The largest absolute Gasteiger partial charge is 0.434 e. The molecule has 0 radical (unpaired) electrons. The summed E-state index contributed by atoms with van der Waals surface area (Å²) in [6.45, 7) is -2.94. The highest BCUT2D eigenvalue weighted by molar-refractivity contribution is 6.09. The first-order valence-electron chi connectivity index (χ1n) is 9.69. The number of hydrogen-bond acceptors (Lipinski definition) is 3. The Labute approximate surface area is 184 Å². The van der Waals surface area contributed by atoms with Gasteiger partial charge >= 0.3 is 12.8 Å². The van der Waals surface area contributed by atoms with Gasteiger partial charge in [-0.25, -0.2) is 0 Å². The second-order valence-electron chi connectivity index (χ2n) is 7.05. The number of nitrogens with one attached hydrogen (secondary N) is 1. The van der Waals surface area contributed by atoms with E-state index >= 15 is 0 Å². The van der Waals surface area contributed by atoms with Crippen LogP contribution in [-0.4, -0.2) is 22.3 Å². The van der Waals surface area contributed by atoms with Crippen molar-refractivity contribution in [3.05, 3.63) is 89.5 Å². The van der Waals surface area contributed by atoms with E-state index in [2.05, 4.69) is 15.2 Å². The molecule has 1 amide bonds. The van der Waals surface area contributed by atoms with Crippen LogP contribution in [0.4, 0.5) is 27.8 Å². The third-order valence-corrected chi connectivity index (χ3v) is 4.85. The number of aromatic nitrogens is 2. The Morgan fingerprint density at radius 2 is 1.64 bits per heavy atom. The van der Waals surface area contributed by atoms with Gasteiger partial charge in [0, 0.05) is 5.39 Å². The van der Waals surface area contributed by atoms with Gasteiger partial charge < -0.3 is 10.1 Å². The summed E-state index contributed by atoms with van der Waals surface area (Å²) in [6.07, 6.45) is -4.43. The number of benzene rings is 3. The molecule has 0 atom stereocenters. The van der Waals surface area contributed by atoms with E-state index in [1.807, 2.05) is 0 Å². The van der Waals surface area contributed by atoms with Crippen molar-refractivity contribution in [2.75, 3.05) is 5.32 Å². The highest BCUT2D eigenvalue weighted by Gasteiger charge is 2.30. The normalized spacial score (nSPS) is 11.7. The standard InChI is InChI=1S/C23H16F5N3O2/c24-22(25)33-19-8-4-2-6-17(19)21(32)29-20-16-5-1-3-7-18(16)31(30-20)13-14-9-11-15(12-10-14)23(26,27)28/h1-12,22H,13H2,(H,29,30,32). The fourth-order valence-electron chi connectivity index (χ4n) is 3.34. The molecule has 5 nitrogen and oxygen atoms in total. The van der Waals surface area contributed by atoms with Gasteiger partial charge in [0.25, 0.3) is 5.91 Å². The van der Waals surface area contributed by atoms with Crippen molar-refractivity contribution in [3.8, 4) is 5.75 Å². The van der Waals surface area contributed by atoms with Crippen LogP contribution in [0.1, 0.15) is 21.5 Å². The van der Waals surface area contributed by atoms with Crippen molar-refractivity contribution in [2.45, 2.75) is 19.3 Å². The summed E-state index contributed by atoms with van der Waals surface area (Å²) in [5.41, 5.74) is 0.350. The number of halogens is 5. The van der Waals surface area contributed by atoms with Crippen LogP contribution in [0.15, 0.2) is 72.8 Å². The predicted octanol–water partition coefficient (Wildman–Crippen LogP) is 5.96. The Balaban J connectivity index is 1.62. The van der Waals surface area contributed by atoms with Crippen LogP contribution in [0.25, 0.3) is 10.9 Å². The van der Waals surface area contributed by atoms with Gasteiger partial charge in [0.05, 0.1) is 23.2 Å². The Kier molecular flexibility index (Phi) is 5.99. The van der Waals surface area contributed by atoms with E-state index in [1.165, 1.54) is 41.1 Å². The first kappa shape index (κ1) is 22.3. The van der Waals surface area contributed by atoms with Crippen molar-refractivity contribution >= 4 is 22.6 Å². The minimum absolute atomic E-state index is 0.0980. The van der Waals surface area contributed by atoms with Gasteiger partial charge in [-0.2, -0.15) is 27.1 Å². The van der Waals surface area contributed by atoms with Crippen molar-refractivity contribution in [1.29, 1.82) is 0 Å². The van der Waals surface area contributed by atoms with E-state index in [0.29, 0.717) is 16.5 Å². The molecule has 4 aromatic rings. The highest BCUT2D eigenvalue weighted by Crippen LogP contribution is 2.30. The second kappa shape index (κ2) is 8.89. The first-order chi connectivity index (χ1) is 15.7. The quantitative estimate of drug-likeness (QED) is 0.361. The minimum atomic E-state index is -4.43. The van der Waals surface area contributed by atoms with Gasteiger partial charge in [-0.05, 0) is 42.0 Å². The number of hydrogen-bond donors (Lipinski definition) is 1. The summed E-state index contributed by atoms with van der Waals surface area (Å²) < 4.78 is 69.7. The van der Waals surface area contributed by atoms with Crippen LogP contribution in [0.5, 0.6) is 5.75 Å². The summed E-state index contributed by atoms with van der Waals surface area (Å²) in [5.74, 6) is -0.802. The molecule has 170 valence electrons. The number of para-hydroxylation sites is 2. The Hall–Kier alpha value is -3.95. The molecular formula is C23H16F5N3O2. The van der Waals surface area contributed by atoms with Gasteiger partial charge in [0.2, 0.25) is 0 Å². The summed E-state index contributed by atoms with van der Waals surface area (Å²) in [5, 5.41) is 7.57. The molecule has 0 aliphatic carbocycles. The number of amides is 1. The van der Waals surface area contributed by atoms with Crippen molar-refractivity contribution < 1.29 is 31.5 Å². The van der Waals surface area contributed by atoms with Crippen LogP contribution in [0.3, 0.4) is 0 Å². The third kappa shape index (κ3) is 4.94. The van der Waals surface area contributed by atoms with E-state index in [0.717, 1.165) is 12.1 Å². The Bertz CT molecular complexity index is 1280. The van der Waals surface area contributed by atoms with E-state index in [1.54, 1.807) is 24.3 Å². The third-order valence-electron chi connectivity index (χ3n) is 4.85. The number of ether oxygens (including phenoxy) is 1. The fraction of sp³-hybridized carbons (Fsp3) is 0.130. The van der Waals surface area contributed by atoms with E-state index in [-0.39, 0.29) is 23.7 Å². The number of carbonyl (C=O) groups is 1. The monoisotopic (exact) mass is 461 g/mol. The molecule has 0 saturated carbocycles. The predicted molar refractivity (Wildman–Crippen MR) is 111 cm³/mol. The first-order valence-corrected chi connectivity index (χ1v) is 9.69. The number of rotatable bonds is 6. The minimum Gasteiger partial charge on any atom is -0.434 e. The number of anilines is 1. The lowest BCUT2D eigenvalue weighted by molar-refractivity contribution is -0.137. The number of fused-ring (bicyclic) bond motifs is 1. The van der Waals surface area contributed by atoms with Crippen LogP contribution in [0.2, 0.25) is 0 Å². The van der Waals surface area contributed by atoms with E-state index in [4.69, 9.17) is 0 Å². The average Bonchev–Trinajstić information content (AvgIpc) is 3.10. The highest BCUT2D eigenvalue weighted by atomic mass is 19.4. The van der Waals surface area contributed by atoms with E-state index in [9.17, 15) is 26.7 Å². The molecule has 0 fully saturated rings. The molecule has 4 rings (SSSR count). The van der Waals surface area contributed by atoms with Crippen LogP contribution >= 0.6 is 0 Å².